The molecule has 1 aliphatic carbocycles. The molecular formula is C23H29N3O. The maximum Gasteiger partial charge on any atom is 0.231 e. The van der Waals surface area contributed by atoms with Crippen molar-refractivity contribution in [3.63, 3.8) is 0 Å². The Morgan fingerprint density at radius 3 is 2.81 bits per heavy atom. The van der Waals surface area contributed by atoms with Gasteiger partial charge < -0.3 is 9.88 Å². The highest BCUT2D eigenvalue weighted by atomic mass is 16.2. The quantitative estimate of drug-likeness (QED) is 0.900. The molecule has 0 spiro atoms. The first kappa shape index (κ1) is 17.1. The molecule has 4 heteroatoms. The summed E-state index contributed by atoms with van der Waals surface area (Å²) in [5.74, 6) is 0.295. The first-order valence-corrected chi connectivity index (χ1v) is 10.5. The van der Waals surface area contributed by atoms with Crippen LogP contribution in [-0.4, -0.2) is 51.9 Å². The van der Waals surface area contributed by atoms with Crippen molar-refractivity contribution in [2.24, 2.45) is 5.92 Å². The van der Waals surface area contributed by atoms with Gasteiger partial charge >= 0.3 is 0 Å². The van der Waals surface area contributed by atoms with Crippen LogP contribution in [0.3, 0.4) is 0 Å². The number of carbonyl (C=O) groups is 1. The van der Waals surface area contributed by atoms with E-state index in [4.69, 9.17) is 0 Å². The molecule has 1 aromatic heterocycles. The molecule has 1 saturated heterocycles. The van der Waals surface area contributed by atoms with E-state index in [2.05, 4.69) is 66.0 Å². The van der Waals surface area contributed by atoms with Gasteiger partial charge in [-0.2, -0.15) is 0 Å². The standard InChI is InChI=1S/C23H29N3O/c1-4-8-25-13-17(23(27)26-14(2)9-15(26)3)10-19-18-6-5-7-20-22(18)16(12-24-20)11-21(19)25/h5-7,10,12,14-15,17,21,24H,4,8-9,11,13H2,1-3H3/t14-,15?,17+,21+/m0/s1. The van der Waals surface area contributed by atoms with E-state index in [0.29, 0.717) is 24.0 Å². The number of nitrogens with zero attached hydrogens (tertiary/aromatic N) is 2. The highest BCUT2D eigenvalue weighted by Gasteiger charge is 2.42. The van der Waals surface area contributed by atoms with Gasteiger partial charge in [-0.25, -0.2) is 0 Å². The first-order valence-electron chi connectivity index (χ1n) is 10.5. The molecule has 0 bridgehead atoms. The zero-order valence-electron chi connectivity index (χ0n) is 16.5. The fourth-order valence-electron chi connectivity index (χ4n) is 5.66. The van der Waals surface area contributed by atoms with E-state index in [0.717, 1.165) is 32.4 Å². The van der Waals surface area contributed by atoms with Crippen LogP contribution in [-0.2, 0) is 11.2 Å². The molecule has 1 fully saturated rings. The van der Waals surface area contributed by atoms with Crippen molar-refractivity contribution in [3.8, 4) is 0 Å². The van der Waals surface area contributed by atoms with Crippen LogP contribution in [0.15, 0.2) is 30.5 Å². The summed E-state index contributed by atoms with van der Waals surface area (Å²) in [4.78, 5) is 21.4. The highest BCUT2D eigenvalue weighted by Crippen LogP contribution is 2.42. The van der Waals surface area contributed by atoms with Crippen LogP contribution in [0.5, 0.6) is 0 Å². The molecule has 27 heavy (non-hydrogen) atoms. The lowest BCUT2D eigenvalue weighted by atomic mass is 9.79. The summed E-state index contributed by atoms with van der Waals surface area (Å²) >= 11 is 0. The second kappa shape index (κ2) is 6.23. The molecule has 3 heterocycles. The minimum atomic E-state index is -0.0243. The van der Waals surface area contributed by atoms with Crippen LogP contribution < -0.4 is 0 Å². The van der Waals surface area contributed by atoms with Gasteiger partial charge in [0.25, 0.3) is 0 Å². The van der Waals surface area contributed by atoms with Gasteiger partial charge in [0.05, 0.1) is 5.92 Å². The van der Waals surface area contributed by atoms with Crippen molar-refractivity contribution in [2.45, 2.75) is 58.2 Å². The predicted molar refractivity (Wildman–Crippen MR) is 110 cm³/mol. The third-order valence-electron chi connectivity index (χ3n) is 6.84. The van der Waals surface area contributed by atoms with Gasteiger partial charge in [-0.3, -0.25) is 9.69 Å². The normalized spacial score (nSPS) is 30.0. The Bertz CT molecular complexity index is 919. The number of nitrogens with one attached hydrogen (secondary N) is 1. The third-order valence-corrected chi connectivity index (χ3v) is 6.84. The van der Waals surface area contributed by atoms with Gasteiger partial charge in [-0.1, -0.05) is 25.1 Å². The summed E-state index contributed by atoms with van der Waals surface area (Å²) in [6.45, 7) is 8.49. The van der Waals surface area contributed by atoms with Crippen LogP contribution >= 0.6 is 0 Å². The van der Waals surface area contributed by atoms with Gasteiger partial charge in [0.2, 0.25) is 5.91 Å². The Kier molecular flexibility index (Phi) is 3.94. The predicted octanol–water partition coefficient (Wildman–Crippen LogP) is 3.83. The number of hydrogen-bond acceptors (Lipinski definition) is 2. The average Bonchev–Trinajstić information content (AvgIpc) is 3.06. The second-order valence-corrected chi connectivity index (χ2v) is 8.66. The van der Waals surface area contributed by atoms with E-state index < -0.39 is 0 Å². The Morgan fingerprint density at radius 2 is 2.07 bits per heavy atom. The number of fused-ring (bicyclic) bond motifs is 2. The van der Waals surface area contributed by atoms with Gasteiger partial charge in [-0.15, -0.1) is 0 Å². The summed E-state index contributed by atoms with van der Waals surface area (Å²) in [5, 5.41) is 1.36. The van der Waals surface area contributed by atoms with Crippen LogP contribution in [0.1, 0.15) is 44.7 Å². The SMILES string of the molecule is CCCN1C[C@H](C(=O)N2C(C)C[C@@H]2C)C=C2c3cccc4[nH]cc(c34)C[C@H]21. The lowest BCUT2D eigenvalue weighted by Crippen LogP contribution is -2.59. The van der Waals surface area contributed by atoms with Crippen molar-refractivity contribution >= 4 is 22.4 Å². The van der Waals surface area contributed by atoms with E-state index in [1.165, 1.54) is 27.6 Å². The lowest BCUT2D eigenvalue weighted by molar-refractivity contribution is -0.146. The number of amides is 1. The van der Waals surface area contributed by atoms with Gasteiger partial charge in [0, 0.05) is 41.8 Å². The molecule has 5 rings (SSSR count). The third kappa shape index (κ3) is 2.49. The molecule has 4 nitrogen and oxygen atoms in total. The van der Waals surface area contributed by atoms with Gasteiger partial charge in [0.1, 0.15) is 0 Å². The number of likely N-dealkylation sites (tertiary alicyclic amines) is 1. The molecule has 4 atom stereocenters. The lowest BCUT2D eigenvalue weighted by Gasteiger charge is -2.49. The fraction of sp³-hybridized carbons (Fsp3) is 0.522. The van der Waals surface area contributed by atoms with Crippen LogP contribution in [0.25, 0.3) is 16.5 Å². The van der Waals surface area contributed by atoms with Crippen molar-refractivity contribution in [1.82, 2.24) is 14.8 Å². The Hall–Kier alpha value is -2.07. The molecule has 1 aromatic carbocycles. The second-order valence-electron chi connectivity index (χ2n) is 8.66. The topological polar surface area (TPSA) is 39.3 Å². The molecule has 1 unspecified atom stereocenters. The van der Waals surface area contributed by atoms with E-state index in [1.807, 2.05) is 0 Å². The van der Waals surface area contributed by atoms with E-state index >= 15 is 0 Å². The maximum atomic E-state index is 13.3. The summed E-state index contributed by atoms with van der Waals surface area (Å²) in [7, 11) is 0. The summed E-state index contributed by atoms with van der Waals surface area (Å²) < 4.78 is 0. The molecule has 0 saturated carbocycles. The van der Waals surface area contributed by atoms with Crippen molar-refractivity contribution in [3.05, 3.63) is 41.6 Å². The molecule has 2 aromatic rings. The van der Waals surface area contributed by atoms with E-state index in [9.17, 15) is 4.79 Å². The Balaban J connectivity index is 1.58. The van der Waals surface area contributed by atoms with Crippen LogP contribution in [0, 0.1) is 5.92 Å². The summed E-state index contributed by atoms with van der Waals surface area (Å²) in [6.07, 6.45) is 7.77. The van der Waals surface area contributed by atoms with Crippen LogP contribution in [0.4, 0.5) is 0 Å². The number of aromatic nitrogens is 1. The van der Waals surface area contributed by atoms with Crippen LogP contribution in [0.2, 0.25) is 0 Å². The van der Waals surface area contributed by atoms with Crippen molar-refractivity contribution in [1.29, 1.82) is 0 Å². The fourth-order valence-corrected chi connectivity index (χ4v) is 5.66. The number of hydrogen-bond donors (Lipinski definition) is 1. The molecule has 1 amide bonds. The molecule has 1 N–H and O–H groups in total. The van der Waals surface area contributed by atoms with E-state index in [-0.39, 0.29) is 5.92 Å². The summed E-state index contributed by atoms with van der Waals surface area (Å²) in [6, 6.07) is 7.69. The number of rotatable bonds is 3. The van der Waals surface area contributed by atoms with Gasteiger partial charge in [-0.05, 0) is 62.4 Å². The van der Waals surface area contributed by atoms with E-state index in [1.54, 1.807) is 0 Å². The zero-order chi connectivity index (χ0) is 18.7. The van der Waals surface area contributed by atoms with Gasteiger partial charge in [0.15, 0.2) is 0 Å². The highest BCUT2D eigenvalue weighted by molar-refractivity contribution is 5.99. The van der Waals surface area contributed by atoms with Crippen molar-refractivity contribution in [2.75, 3.05) is 13.1 Å². The molecule has 3 aliphatic rings. The average molecular weight is 364 g/mol. The minimum absolute atomic E-state index is 0.0243. The smallest absolute Gasteiger partial charge is 0.231 e. The monoisotopic (exact) mass is 363 g/mol. The molecule has 2 aliphatic heterocycles. The Morgan fingerprint density at radius 1 is 1.26 bits per heavy atom. The molecule has 0 radical (unpaired) electrons. The number of carbonyl (C=O) groups excluding carboxylic acids is 1. The van der Waals surface area contributed by atoms with Crippen molar-refractivity contribution < 1.29 is 4.79 Å². The largest absolute Gasteiger partial charge is 0.361 e. The number of benzene rings is 1. The molecular weight excluding hydrogens is 334 g/mol. The zero-order valence-corrected chi connectivity index (χ0v) is 16.5. The Labute approximate surface area is 161 Å². The minimum Gasteiger partial charge on any atom is -0.361 e. The maximum absolute atomic E-state index is 13.3. The summed E-state index contributed by atoms with van der Waals surface area (Å²) in [5.41, 5.74) is 5.32. The number of aromatic amines is 1. The number of H-pyrrole nitrogens is 1. The molecule has 142 valence electrons. The first-order chi connectivity index (χ1) is 13.1.